The third kappa shape index (κ3) is 4.47. The molecule has 1 aromatic rings. The summed E-state index contributed by atoms with van der Waals surface area (Å²) in [6.45, 7) is 6.01. The molecule has 0 saturated heterocycles. The number of likely N-dealkylation sites (N-methyl/N-ethyl adjacent to an activating group) is 1. The summed E-state index contributed by atoms with van der Waals surface area (Å²) in [5.74, 6) is 0. The third-order valence-corrected chi connectivity index (χ3v) is 3.70. The number of hydrogen-bond acceptors (Lipinski definition) is 2. The maximum absolute atomic E-state index is 6.10. The number of rotatable bonds is 5. The predicted octanol–water partition coefficient (Wildman–Crippen LogP) is 3.42. The molecule has 0 fully saturated rings. The number of hydrogen-bond donors (Lipinski definition) is 1. The van der Waals surface area contributed by atoms with Crippen LogP contribution in [0.5, 0.6) is 0 Å². The van der Waals surface area contributed by atoms with Crippen LogP contribution in [0.1, 0.15) is 19.4 Å². The Hall–Kier alpha value is -0.280. The average molecular weight is 275 g/mol. The zero-order chi connectivity index (χ0) is 13.1. The lowest BCUT2D eigenvalue weighted by atomic mass is 10.0. The van der Waals surface area contributed by atoms with Gasteiger partial charge in [0.25, 0.3) is 0 Å². The summed E-state index contributed by atoms with van der Waals surface area (Å²) in [6, 6.07) is 5.54. The molecule has 0 aliphatic heterocycles. The fourth-order valence-electron chi connectivity index (χ4n) is 1.34. The van der Waals surface area contributed by atoms with Crippen molar-refractivity contribution in [3.63, 3.8) is 0 Å². The van der Waals surface area contributed by atoms with Gasteiger partial charge in [-0.25, -0.2) is 0 Å². The topological polar surface area (TPSA) is 15.3 Å². The Morgan fingerprint density at radius 3 is 2.47 bits per heavy atom. The predicted molar refractivity (Wildman–Crippen MR) is 75.9 cm³/mol. The van der Waals surface area contributed by atoms with Gasteiger partial charge in [0, 0.05) is 28.7 Å². The van der Waals surface area contributed by atoms with Crippen LogP contribution in [0.25, 0.3) is 0 Å². The van der Waals surface area contributed by atoms with Crippen LogP contribution in [-0.4, -0.2) is 31.1 Å². The number of halogens is 2. The molecule has 0 amide bonds. The van der Waals surface area contributed by atoms with Crippen molar-refractivity contribution in [1.29, 1.82) is 0 Å². The molecule has 0 aliphatic carbocycles. The molecule has 0 saturated carbocycles. The first-order valence-corrected chi connectivity index (χ1v) is 6.40. The molecule has 17 heavy (non-hydrogen) atoms. The SMILES string of the molecule is CN(C)C(C)(C)CNCc1cc(Cl)ccc1Cl. The quantitative estimate of drug-likeness (QED) is 0.885. The molecule has 0 radical (unpaired) electrons. The minimum absolute atomic E-state index is 0.116. The minimum Gasteiger partial charge on any atom is -0.311 e. The van der Waals surface area contributed by atoms with Crippen molar-refractivity contribution in [2.75, 3.05) is 20.6 Å². The third-order valence-electron chi connectivity index (χ3n) is 3.09. The molecule has 0 aliphatic rings. The van der Waals surface area contributed by atoms with E-state index in [4.69, 9.17) is 23.2 Å². The second-order valence-corrected chi connectivity index (χ2v) is 5.89. The van der Waals surface area contributed by atoms with Gasteiger partial charge in [-0.2, -0.15) is 0 Å². The molecule has 1 rings (SSSR count). The first kappa shape index (κ1) is 14.8. The largest absolute Gasteiger partial charge is 0.311 e. The van der Waals surface area contributed by atoms with E-state index < -0.39 is 0 Å². The van der Waals surface area contributed by atoms with Crippen LogP contribution in [0.2, 0.25) is 10.0 Å². The molecular weight excluding hydrogens is 255 g/mol. The van der Waals surface area contributed by atoms with Gasteiger partial charge in [-0.1, -0.05) is 23.2 Å². The molecular formula is C13H20Cl2N2. The normalized spacial score (nSPS) is 12.2. The molecule has 0 spiro atoms. The number of benzene rings is 1. The van der Waals surface area contributed by atoms with Gasteiger partial charge < -0.3 is 10.2 Å². The van der Waals surface area contributed by atoms with Crippen molar-refractivity contribution in [2.24, 2.45) is 0 Å². The molecule has 1 N–H and O–H groups in total. The minimum atomic E-state index is 0.116. The van der Waals surface area contributed by atoms with Crippen LogP contribution in [-0.2, 0) is 6.54 Å². The van der Waals surface area contributed by atoms with Crippen molar-refractivity contribution in [3.8, 4) is 0 Å². The van der Waals surface area contributed by atoms with Gasteiger partial charge >= 0.3 is 0 Å². The zero-order valence-corrected chi connectivity index (χ0v) is 12.4. The van der Waals surface area contributed by atoms with Crippen LogP contribution >= 0.6 is 23.2 Å². The zero-order valence-electron chi connectivity index (χ0n) is 10.8. The van der Waals surface area contributed by atoms with E-state index in [1.54, 1.807) is 6.07 Å². The van der Waals surface area contributed by atoms with E-state index in [1.807, 2.05) is 12.1 Å². The van der Waals surface area contributed by atoms with E-state index in [0.29, 0.717) is 0 Å². The lowest BCUT2D eigenvalue weighted by Crippen LogP contribution is -2.46. The standard InChI is InChI=1S/C13H20Cl2N2/c1-13(2,17(3)4)9-16-8-10-7-11(14)5-6-12(10)15/h5-7,16H,8-9H2,1-4H3. The molecule has 0 unspecified atom stereocenters. The molecule has 4 heteroatoms. The highest BCUT2D eigenvalue weighted by Gasteiger charge is 2.19. The summed E-state index contributed by atoms with van der Waals surface area (Å²) in [7, 11) is 4.15. The van der Waals surface area contributed by atoms with E-state index in [9.17, 15) is 0 Å². The summed E-state index contributed by atoms with van der Waals surface area (Å²) in [5.41, 5.74) is 1.15. The average Bonchev–Trinajstić information content (AvgIpc) is 2.22. The fourth-order valence-corrected chi connectivity index (χ4v) is 1.72. The van der Waals surface area contributed by atoms with Crippen LogP contribution < -0.4 is 5.32 Å². The monoisotopic (exact) mass is 274 g/mol. The van der Waals surface area contributed by atoms with Crippen LogP contribution in [0.4, 0.5) is 0 Å². The molecule has 1 aromatic carbocycles. The van der Waals surface area contributed by atoms with Gasteiger partial charge in [-0.15, -0.1) is 0 Å². The molecule has 0 bridgehead atoms. The maximum Gasteiger partial charge on any atom is 0.0451 e. The van der Waals surface area contributed by atoms with Gasteiger partial charge in [0.1, 0.15) is 0 Å². The van der Waals surface area contributed by atoms with Gasteiger partial charge in [-0.3, -0.25) is 0 Å². The maximum atomic E-state index is 6.10. The van der Waals surface area contributed by atoms with Crippen molar-refractivity contribution in [3.05, 3.63) is 33.8 Å². The second kappa shape index (κ2) is 6.05. The summed E-state index contributed by atoms with van der Waals surface area (Å²) in [5, 5.41) is 4.88. The van der Waals surface area contributed by atoms with Crippen LogP contribution in [0, 0.1) is 0 Å². The van der Waals surface area contributed by atoms with Crippen molar-refractivity contribution in [1.82, 2.24) is 10.2 Å². The van der Waals surface area contributed by atoms with Crippen LogP contribution in [0.15, 0.2) is 18.2 Å². The first-order valence-electron chi connectivity index (χ1n) is 5.65. The highest BCUT2D eigenvalue weighted by Crippen LogP contribution is 2.20. The molecule has 0 atom stereocenters. The summed E-state index contributed by atoms with van der Waals surface area (Å²) in [4.78, 5) is 2.19. The lowest BCUT2D eigenvalue weighted by Gasteiger charge is -2.32. The number of nitrogens with zero attached hydrogens (tertiary/aromatic N) is 1. The second-order valence-electron chi connectivity index (χ2n) is 5.05. The molecule has 0 heterocycles. The van der Waals surface area contributed by atoms with Gasteiger partial charge in [0.15, 0.2) is 0 Å². The van der Waals surface area contributed by atoms with E-state index in [0.717, 1.165) is 28.7 Å². The van der Waals surface area contributed by atoms with E-state index in [2.05, 4.69) is 38.2 Å². The Labute approximate surface area is 114 Å². The van der Waals surface area contributed by atoms with E-state index in [-0.39, 0.29) is 5.54 Å². The molecule has 2 nitrogen and oxygen atoms in total. The highest BCUT2D eigenvalue weighted by atomic mass is 35.5. The fraction of sp³-hybridized carbons (Fsp3) is 0.538. The van der Waals surface area contributed by atoms with Gasteiger partial charge in [-0.05, 0) is 51.7 Å². The molecule has 0 aromatic heterocycles. The van der Waals surface area contributed by atoms with Crippen LogP contribution in [0.3, 0.4) is 0 Å². The Balaban J connectivity index is 2.54. The summed E-state index contributed by atoms with van der Waals surface area (Å²) < 4.78 is 0. The van der Waals surface area contributed by atoms with Gasteiger partial charge in [0.05, 0.1) is 0 Å². The lowest BCUT2D eigenvalue weighted by molar-refractivity contribution is 0.190. The Morgan fingerprint density at radius 1 is 1.24 bits per heavy atom. The summed E-state index contributed by atoms with van der Waals surface area (Å²) >= 11 is 12.0. The van der Waals surface area contributed by atoms with Crippen molar-refractivity contribution >= 4 is 23.2 Å². The molecule has 96 valence electrons. The smallest absolute Gasteiger partial charge is 0.0451 e. The first-order chi connectivity index (χ1) is 7.83. The van der Waals surface area contributed by atoms with Gasteiger partial charge in [0.2, 0.25) is 0 Å². The highest BCUT2D eigenvalue weighted by molar-refractivity contribution is 6.33. The Kier molecular flexibility index (Phi) is 5.26. The van der Waals surface area contributed by atoms with Crippen molar-refractivity contribution < 1.29 is 0 Å². The van der Waals surface area contributed by atoms with E-state index >= 15 is 0 Å². The van der Waals surface area contributed by atoms with Crippen molar-refractivity contribution in [2.45, 2.75) is 25.9 Å². The van der Waals surface area contributed by atoms with E-state index in [1.165, 1.54) is 0 Å². The number of nitrogens with one attached hydrogen (secondary N) is 1. The summed E-state index contributed by atoms with van der Waals surface area (Å²) in [6.07, 6.45) is 0. The Bertz CT molecular complexity index is 376. The Morgan fingerprint density at radius 2 is 1.88 bits per heavy atom.